The van der Waals surface area contributed by atoms with E-state index in [4.69, 9.17) is 5.84 Å². The molecule has 2 rings (SSSR count). The number of halogens is 4. The Morgan fingerprint density at radius 1 is 1.15 bits per heavy atom. The molecule has 0 spiro atoms. The average Bonchev–Trinajstić information content (AvgIpc) is 2.40. The van der Waals surface area contributed by atoms with Crippen LogP contribution in [0.4, 0.5) is 23.4 Å². The second kappa shape index (κ2) is 5.04. The van der Waals surface area contributed by atoms with Crippen LogP contribution in [0.1, 0.15) is 11.3 Å². The number of anilines is 1. The van der Waals surface area contributed by atoms with Gasteiger partial charge in [0, 0.05) is 5.56 Å². The van der Waals surface area contributed by atoms with Gasteiger partial charge in [-0.05, 0) is 13.0 Å². The summed E-state index contributed by atoms with van der Waals surface area (Å²) in [7, 11) is 0. The van der Waals surface area contributed by atoms with Crippen LogP contribution in [-0.4, -0.2) is 9.97 Å². The van der Waals surface area contributed by atoms with Crippen molar-refractivity contribution >= 4 is 5.82 Å². The molecule has 0 aliphatic carbocycles. The van der Waals surface area contributed by atoms with Crippen LogP contribution in [0.3, 0.4) is 0 Å². The summed E-state index contributed by atoms with van der Waals surface area (Å²) >= 11 is 0. The topological polar surface area (TPSA) is 63.8 Å². The number of alkyl halides is 3. The lowest BCUT2D eigenvalue weighted by Crippen LogP contribution is -2.14. The van der Waals surface area contributed by atoms with Crippen LogP contribution in [0.25, 0.3) is 11.4 Å². The zero-order chi connectivity index (χ0) is 14.9. The number of nitrogens with one attached hydrogen (secondary N) is 1. The highest BCUT2D eigenvalue weighted by atomic mass is 19.4. The molecule has 0 fully saturated rings. The monoisotopic (exact) mass is 286 g/mol. The Kier molecular flexibility index (Phi) is 3.58. The second-order valence-electron chi connectivity index (χ2n) is 3.98. The quantitative estimate of drug-likeness (QED) is 0.506. The first-order chi connectivity index (χ1) is 9.34. The number of hydrogen-bond acceptors (Lipinski definition) is 4. The smallest absolute Gasteiger partial charge is 0.306 e. The molecule has 0 saturated carbocycles. The molecule has 0 aliphatic heterocycles. The largest absolute Gasteiger partial charge is 0.417 e. The van der Waals surface area contributed by atoms with Gasteiger partial charge in [-0.3, -0.25) is 0 Å². The van der Waals surface area contributed by atoms with Gasteiger partial charge in [0.2, 0.25) is 0 Å². The summed E-state index contributed by atoms with van der Waals surface area (Å²) < 4.78 is 52.3. The molecule has 4 nitrogen and oxygen atoms in total. The van der Waals surface area contributed by atoms with Gasteiger partial charge in [-0.1, -0.05) is 18.2 Å². The van der Waals surface area contributed by atoms with E-state index in [1.54, 1.807) is 0 Å². The van der Waals surface area contributed by atoms with Crippen molar-refractivity contribution in [1.29, 1.82) is 0 Å². The molecule has 1 aromatic heterocycles. The highest BCUT2D eigenvalue weighted by Gasteiger charge is 2.34. The number of hydrazine groups is 1. The molecule has 1 aromatic carbocycles. The van der Waals surface area contributed by atoms with Crippen molar-refractivity contribution in [2.75, 3.05) is 5.43 Å². The molecule has 3 N–H and O–H groups in total. The predicted molar refractivity (Wildman–Crippen MR) is 65.0 cm³/mol. The second-order valence-corrected chi connectivity index (χ2v) is 3.98. The van der Waals surface area contributed by atoms with Gasteiger partial charge in [-0.2, -0.15) is 13.2 Å². The van der Waals surface area contributed by atoms with Gasteiger partial charge >= 0.3 is 6.18 Å². The lowest BCUT2D eigenvalue weighted by molar-refractivity contribution is -0.137. The molecule has 8 heteroatoms. The van der Waals surface area contributed by atoms with Crippen molar-refractivity contribution in [3.8, 4) is 11.4 Å². The van der Waals surface area contributed by atoms with E-state index in [1.807, 2.05) is 5.43 Å². The van der Waals surface area contributed by atoms with Crippen molar-refractivity contribution in [2.45, 2.75) is 13.1 Å². The Morgan fingerprint density at radius 2 is 1.80 bits per heavy atom. The third kappa shape index (κ3) is 2.55. The maximum absolute atomic E-state index is 13.5. The number of aryl methyl sites for hydroxylation is 1. The highest BCUT2D eigenvalue weighted by Crippen LogP contribution is 2.36. The van der Waals surface area contributed by atoms with E-state index in [0.717, 1.165) is 6.07 Å². The van der Waals surface area contributed by atoms with Crippen LogP contribution in [0.2, 0.25) is 0 Å². The highest BCUT2D eigenvalue weighted by molar-refractivity contribution is 5.63. The van der Waals surface area contributed by atoms with Crippen LogP contribution >= 0.6 is 0 Å². The maximum Gasteiger partial charge on any atom is 0.417 e. The van der Waals surface area contributed by atoms with Gasteiger partial charge in [-0.25, -0.2) is 20.2 Å². The molecule has 2 aromatic rings. The van der Waals surface area contributed by atoms with Crippen molar-refractivity contribution in [1.82, 2.24) is 9.97 Å². The molecule has 0 bridgehead atoms. The van der Waals surface area contributed by atoms with Crippen molar-refractivity contribution in [3.05, 3.63) is 41.3 Å². The summed E-state index contributed by atoms with van der Waals surface area (Å²) in [6.07, 6.45) is -4.56. The molecular formula is C12H10F4N4. The zero-order valence-corrected chi connectivity index (χ0v) is 10.3. The Balaban J connectivity index is 2.67. The molecule has 0 saturated heterocycles. The number of benzene rings is 1. The first kappa shape index (κ1) is 14.2. The predicted octanol–water partition coefficient (Wildman–Crippen LogP) is 2.90. The van der Waals surface area contributed by atoms with Crippen LogP contribution in [0.15, 0.2) is 24.3 Å². The average molecular weight is 286 g/mol. The van der Waals surface area contributed by atoms with E-state index in [1.165, 1.54) is 25.1 Å². The fourth-order valence-corrected chi connectivity index (χ4v) is 1.70. The number of nitrogens with zero attached hydrogens (tertiary/aromatic N) is 2. The molecular weight excluding hydrogens is 276 g/mol. The van der Waals surface area contributed by atoms with E-state index in [0.29, 0.717) is 0 Å². The molecule has 106 valence electrons. The fraction of sp³-hybridized carbons (Fsp3) is 0.167. The number of rotatable bonds is 2. The van der Waals surface area contributed by atoms with Crippen molar-refractivity contribution < 1.29 is 17.6 Å². The molecule has 0 aliphatic rings. The lowest BCUT2D eigenvalue weighted by Gasteiger charge is -2.13. The number of aromatic nitrogens is 2. The molecule has 1 heterocycles. The van der Waals surface area contributed by atoms with Crippen LogP contribution < -0.4 is 11.3 Å². The van der Waals surface area contributed by atoms with Crippen LogP contribution in [-0.2, 0) is 6.18 Å². The summed E-state index contributed by atoms with van der Waals surface area (Å²) in [6, 6.07) is 4.80. The Labute approximate surface area is 111 Å². The Morgan fingerprint density at radius 3 is 2.40 bits per heavy atom. The number of nitrogens with two attached hydrogens (primary N) is 1. The van der Waals surface area contributed by atoms with E-state index >= 15 is 0 Å². The normalized spacial score (nSPS) is 11.5. The molecule has 0 amide bonds. The number of hydrogen-bond donors (Lipinski definition) is 2. The van der Waals surface area contributed by atoms with Gasteiger partial charge in [0.05, 0.1) is 11.3 Å². The summed E-state index contributed by atoms with van der Waals surface area (Å²) in [5.41, 5.74) is 0.769. The summed E-state index contributed by atoms with van der Waals surface area (Å²) in [5.74, 6) is 3.68. The standard InChI is InChI=1S/C12H10F4N4/c1-6-9(13)11(20-17)19-10(18-6)7-4-2-3-5-8(7)12(14,15)16/h2-5H,17H2,1H3,(H,18,19,20). The minimum absolute atomic E-state index is 0.0973. The first-order valence-electron chi connectivity index (χ1n) is 5.52. The van der Waals surface area contributed by atoms with E-state index < -0.39 is 17.6 Å². The Hall–Kier alpha value is -2.22. The van der Waals surface area contributed by atoms with Gasteiger partial charge in [0.1, 0.15) is 0 Å². The van der Waals surface area contributed by atoms with Crippen molar-refractivity contribution in [2.24, 2.45) is 5.84 Å². The van der Waals surface area contributed by atoms with Gasteiger partial charge in [-0.15, -0.1) is 0 Å². The minimum atomic E-state index is -4.56. The third-order valence-corrected chi connectivity index (χ3v) is 2.63. The van der Waals surface area contributed by atoms with Crippen LogP contribution in [0, 0.1) is 12.7 Å². The molecule has 0 unspecified atom stereocenters. The molecule has 0 atom stereocenters. The van der Waals surface area contributed by atoms with E-state index in [-0.39, 0.29) is 22.9 Å². The van der Waals surface area contributed by atoms with Gasteiger partial charge < -0.3 is 5.43 Å². The van der Waals surface area contributed by atoms with Crippen LogP contribution in [0.5, 0.6) is 0 Å². The number of nitrogen functional groups attached to an aromatic ring is 1. The SMILES string of the molecule is Cc1nc(-c2ccccc2C(F)(F)F)nc(NN)c1F. The maximum atomic E-state index is 13.5. The minimum Gasteiger partial charge on any atom is -0.306 e. The van der Waals surface area contributed by atoms with Gasteiger partial charge in [0.25, 0.3) is 0 Å². The Bertz CT molecular complexity index is 640. The zero-order valence-electron chi connectivity index (χ0n) is 10.3. The fourth-order valence-electron chi connectivity index (χ4n) is 1.70. The third-order valence-electron chi connectivity index (χ3n) is 2.63. The molecule has 0 radical (unpaired) electrons. The summed E-state index contributed by atoms with van der Waals surface area (Å²) in [6.45, 7) is 1.32. The van der Waals surface area contributed by atoms with E-state index in [2.05, 4.69) is 9.97 Å². The van der Waals surface area contributed by atoms with Crippen molar-refractivity contribution in [3.63, 3.8) is 0 Å². The summed E-state index contributed by atoms with van der Waals surface area (Å²) in [4.78, 5) is 7.42. The lowest BCUT2D eigenvalue weighted by atomic mass is 10.1. The van der Waals surface area contributed by atoms with Gasteiger partial charge in [0.15, 0.2) is 17.5 Å². The molecule has 20 heavy (non-hydrogen) atoms. The first-order valence-corrected chi connectivity index (χ1v) is 5.52. The summed E-state index contributed by atoms with van der Waals surface area (Å²) in [5, 5.41) is 0. The van der Waals surface area contributed by atoms with E-state index in [9.17, 15) is 17.6 Å².